The molecule has 1 heterocycles. The first-order valence-electron chi connectivity index (χ1n) is 7.16. The van der Waals surface area contributed by atoms with Gasteiger partial charge in [0.15, 0.2) is 0 Å². The molecule has 1 aliphatic rings. The van der Waals surface area contributed by atoms with Gasteiger partial charge in [-0.25, -0.2) is 0 Å². The molecule has 0 fully saturated rings. The van der Waals surface area contributed by atoms with Crippen molar-refractivity contribution in [2.75, 3.05) is 13.6 Å². The highest BCUT2D eigenvalue weighted by Gasteiger charge is 2.37. The van der Waals surface area contributed by atoms with Crippen molar-refractivity contribution in [2.45, 2.75) is 23.5 Å². The Balaban J connectivity index is 2.15. The predicted octanol–water partition coefficient (Wildman–Crippen LogP) is 5.26. The van der Waals surface area contributed by atoms with Gasteiger partial charge in [0, 0.05) is 23.9 Å². The Hall–Kier alpha value is -1.53. The summed E-state index contributed by atoms with van der Waals surface area (Å²) < 4.78 is 52.9. The predicted molar refractivity (Wildman–Crippen MR) is 83.0 cm³/mol. The number of benzene rings is 2. The first-order chi connectivity index (χ1) is 10.9. The second kappa shape index (κ2) is 6.17. The Morgan fingerprint density at radius 2 is 1.83 bits per heavy atom. The van der Waals surface area contributed by atoms with E-state index in [1.807, 2.05) is 11.9 Å². The van der Waals surface area contributed by atoms with Crippen LogP contribution in [0.1, 0.15) is 28.2 Å². The summed E-state index contributed by atoms with van der Waals surface area (Å²) in [5.41, 5.74) is 1.35. The van der Waals surface area contributed by atoms with Crippen molar-refractivity contribution in [3.8, 4) is 0 Å². The highest BCUT2D eigenvalue weighted by molar-refractivity contribution is 7.94. The van der Waals surface area contributed by atoms with Crippen LogP contribution >= 0.6 is 12.1 Å². The largest absolute Gasteiger partial charge is 0.416 e. The van der Waals surface area contributed by atoms with Crippen molar-refractivity contribution >= 4 is 12.1 Å². The van der Waals surface area contributed by atoms with Crippen LogP contribution in [0.3, 0.4) is 0 Å². The van der Waals surface area contributed by atoms with Crippen LogP contribution in [0.15, 0.2) is 47.4 Å². The van der Waals surface area contributed by atoms with Crippen molar-refractivity contribution in [3.63, 3.8) is 0 Å². The Morgan fingerprint density at radius 3 is 2.52 bits per heavy atom. The standard InChI is InChI=1S/C17H15F4NS/c1-22-9-11-6-7-12(23-21)8-14(11)15(10-22)13-4-2-3-5-16(13)17(18,19)20/h2-8,15H,9-10H2,1H3. The molecule has 2 aromatic carbocycles. The molecule has 3 rings (SSSR count). The highest BCUT2D eigenvalue weighted by Crippen LogP contribution is 2.41. The zero-order valence-electron chi connectivity index (χ0n) is 12.4. The van der Waals surface area contributed by atoms with Crippen LogP contribution in [0.2, 0.25) is 0 Å². The molecule has 1 aliphatic heterocycles. The van der Waals surface area contributed by atoms with Crippen LogP contribution in [0.25, 0.3) is 0 Å². The lowest BCUT2D eigenvalue weighted by molar-refractivity contribution is -0.138. The molecule has 122 valence electrons. The lowest BCUT2D eigenvalue weighted by Gasteiger charge is -2.34. The lowest BCUT2D eigenvalue weighted by Crippen LogP contribution is -2.32. The van der Waals surface area contributed by atoms with E-state index in [1.54, 1.807) is 24.3 Å². The number of hydrogen-bond acceptors (Lipinski definition) is 2. The second-order valence-corrected chi connectivity index (χ2v) is 6.40. The smallest absolute Gasteiger partial charge is 0.301 e. The van der Waals surface area contributed by atoms with Gasteiger partial charge in [0.25, 0.3) is 0 Å². The molecule has 2 aromatic rings. The van der Waals surface area contributed by atoms with Crippen molar-refractivity contribution in [3.05, 3.63) is 64.7 Å². The number of rotatable bonds is 2. The Labute approximate surface area is 136 Å². The molecule has 23 heavy (non-hydrogen) atoms. The van der Waals surface area contributed by atoms with E-state index >= 15 is 0 Å². The number of hydrogen-bond donors (Lipinski definition) is 0. The zero-order chi connectivity index (χ0) is 16.6. The minimum absolute atomic E-state index is 0.114. The van der Waals surface area contributed by atoms with Crippen LogP contribution in [0.5, 0.6) is 0 Å². The third-order valence-electron chi connectivity index (χ3n) is 4.16. The summed E-state index contributed by atoms with van der Waals surface area (Å²) in [6.07, 6.45) is -4.40. The van der Waals surface area contributed by atoms with Gasteiger partial charge in [-0.3, -0.25) is 0 Å². The van der Waals surface area contributed by atoms with Gasteiger partial charge < -0.3 is 4.90 Å². The van der Waals surface area contributed by atoms with Gasteiger partial charge in [-0.2, -0.15) is 17.1 Å². The van der Waals surface area contributed by atoms with E-state index in [-0.39, 0.29) is 17.7 Å². The molecule has 0 amide bonds. The Kier molecular flexibility index (Phi) is 4.38. The molecular weight excluding hydrogens is 326 g/mol. The number of alkyl halides is 3. The summed E-state index contributed by atoms with van der Waals surface area (Å²) in [5, 5.41) is 0. The van der Waals surface area contributed by atoms with Crippen LogP contribution in [0, 0.1) is 0 Å². The summed E-state index contributed by atoms with van der Waals surface area (Å²) >= 11 is 0.114. The molecule has 0 N–H and O–H groups in total. The summed E-state index contributed by atoms with van der Waals surface area (Å²) in [4.78, 5) is 2.41. The van der Waals surface area contributed by atoms with Gasteiger partial charge in [0.1, 0.15) is 0 Å². The van der Waals surface area contributed by atoms with Gasteiger partial charge in [0.2, 0.25) is 0 Å². The highest BCUT2D eigenvalue weighted by atomic mass is 32.2. The lowest BCUT2D eigenvalue weighted by atomic mass is 9.82. The topological polar surface area (TPSA) is 3.24 Å². The molecule has 6 heteroatoms. The van der Waals surface area contributed by atoms with Crippen LogP contribution < -0.4 is 0 Å². The first kappa shape index (κ1) is 16.3. The molecule has 1 atom stereocenters. The monoisotopic (exact) mass is 341 g/mol. The molecule has 0 radical (unpaired) electrons. The fraction of sp³-hybridized carbons (Fsp3) is 0.294. The zero-order valence-corrected chi connectivity index (χ0v) is 13.2. The normalized spacial score (nSPS) is 18.7. The van der Waals surface area contributed by atoms with E-state index in [0.29, 0.717) is 18.0 Å². The van der Waals surface area contributed by atoms with E-state index in [4.69, 9.17) is 0 Å². The van der Waals surface area contributed by atoms with Crippen molar-refractivity contribution in [1.29, 1.82) is 0 Å². The molecule has 1 nitrogen and oxygen atoms in total. The molecule has 0 saturated heterocycles. The van der Waals surface area contributed by atoms with Gasteiger partial charge in [-0.05, 0) is 41.9 Å². The average Bonchev–Trinajstić information content (AvgIpc) is 2.53. The third-order valence-corrected chi connectivity index (χ3v) is 4.59. The molecular formula is C17H15F4NS. The molecule has 1 unspecified atom stereocenters. The van der Waals surface area contributed by atoms with Crippen LogP contribution in [-0.4, -0.2) is 18.5 Å². The number of likely N-dealkylation sites (N-methyl/N-ethyl adjacent to an activating group) is 1. The van der Waals surface area contributed by atoms with Crippen LogP contribution in [0.4, 0.5) is 17.1 Å². The molecule has 0 bridgehead atoms. The molecule has 0 aliphatic carbocycles. The van der Waals surface area contributed by atoms with Gasteiger partial charge in [0.05, 0.1) is 17.7 Å². The summed E-state index contributed by atoms with van der Waals surface area (Å²) in [6.45, 7) is 1.12. The number of fused-ring (bicyclic) bond motifs is 1. The third kappa shape index (κ3) is 3.23. The van der Waals surface area contributed by atoms with E-state index in [0.717, 1.165) is 17.2 Å². The number of halogens is 4. The minimum atomic E-state index is -4.40. The summed E-state index contributed by atoms with van der Waals surface area (Å²) in [6, 6.07) is 10.8. The fourth-order valence-electron chi connectivity index (χ4n) is 3.18. The quantitative estimate of drug-likeness (QED) is 0.686. The van der Waals surface area contributed by atoms with Crippen LogP contribution in [-0.2, 0) is 12.7 Å². The molecule has 0 spiro atoms. The Bertz CT molecular complexity index is 714. The maximum Gasteiger partial charge on any atom is 0.416 e. The van der Waals surface area contributed by atoms with E-state index in [2.05, 4.69) is 0 Å². The van der Waals surface area contributed by atoms with E-state index in [1.165, 1.54) is 12.1 Å². The maximum atomic E-state index is 13.3. The summed E-state index contributed by atoms with van der Waals surface area (Å²) in [5.74, 6) is -0.423. The number of nitrogens with zero attached hydrogens (tertiary/aromatic N) is 1. The fourth-order valence-corrected chi connectivity index (χ4v) is 3.47. The maximum absolute atomic E-state index is 13.3. The average molecular weight is 341 g/mol. The van der Waals surface area contributed by atoms with Gasteiger partial charge in [-0.1, -0.05) is 24.3 Å². The molecule has 0 saturated carbocycles. The first-order valence-corrected chi connectivity index (χ1v) is 7.88. The van der Waals surface area contributed by atoms with Crippen molar-refractivity contribution in [2.24, 2.45) is 0 Å². The van der Waals surface area contributed by atoms with Gasteiger partial charge >= 0.3 is 6.18 Å². The van der Waals surface area contributed by atoms with Gasteiger partial charge in [-0.15, -0.1) is 0 Å². The summed E-state index contributed by atoms with van der Waals surface area (Å²) in [7, 11) is 1.88. The van der Waals surface area contributed by atoms with Crippen molar-refractivity contribution in [1.82, 2.24) is 4.90 Å². The van der Waals surface area contributed by atoms with Crippen molar-refractivity contribution < 1.29 is 17.1 Å². The second-order valence-electron chi connectivity index (χ2n) is 5.77. The van der Waals surface area contributed by atoms with E-state index < -0.39 is 17.7 Å². The Morgan fingerprint density at radius 1 is 1.09 bits per heavy atom. The van der Waals surface area contributed by atoms with E-state index in [9.17, 15) is 17.1 Å². The SMILES string of the molecule is CN1Cc2ccc(SF)cc2C(c2ccccc2C(F)(F)F)C1. The minimum Gasteiger partial charge on any atom is -0.301 e. The molecule has 0 aromatic heterocycles.